The smallest absolute Gasteiger partial charge is 0.255 e. The molecule has 1 aliphatic carbocycles. The molecule has 1 saturated carbocycles. The number of rotatable bonds is 5. The first-order valence-electron chi connectivity index (χ1n) is 7.13. The summed E-state index contributed by atoms with van der Waals surface area (Å²) < 4.78 is 7.12. The molecule has 5 heteroatoms. The van der Waals surface area contributed by atoms with E-state index in [2.05, 4.69) is 16.5 Å². The second-order valence-electron chi connectivity index (χ2n) is 5.34. The lowest BCUT2D eigenvalue weighted by molar-refractivity contribution is 0.0947. The van der Waals surface area contributed by atoms with Crippen molar-refractivity contribution in [2.45, 2.75) is 25.3 Å². The lowest BCUT2D eigenvalue weighted by Crippen LogP contribution is -2.23. The Hall–Kier alpha value is -2.30. The molecule has 1 fully saturated rings. The molecule has 0 atom stereocenters. The van der Waals surface area contributed by atoms with Crippen LogP contribution in [0.2, 0.25) is 0 Å². The highest BCUT2D eigenvalue weighted by Gasteiger charge is 2.27. The number of hydrogen-bond donors (Lipinski definition) is 1. The lowest BCUT2D eigenvalue weighted by atomic mass is 10.2. The van der Waals surface area contributed by atoms with Gasteiger partial charge in [0.1, 0.15) is 5.75 Å². The molecule has 110 valence electrons. The number of ether oxygens (including phenoxy) is 1. The van der Waals surface area contributed by atoms with E-state index in [0.29, 0.717) is 23.8 Å². The predicted octanol–water partition coefficient (Wildman–Crippen LogP) is 2.24. The van der Waals surface area contributed by atoms with Gasteiger partial charge in [0.25, 0.3) is 5.91 Å². The van der Waals surface area contributed by atoms with E-state index in [1.165, 1.54) is 18.5 Å². The Morgan fingerprint density at radius 2 is 2.19 bits per heavy atom. The van der Waals surface area contributed by atoms with Crippen LogP contribution < -0.4 is 10.1 Å². The average molecular weight is 285 g/mol. The Bertz CT molecular complexity index is 659. The molecule has 2 aromatic rings. The van der Waals surface area contributed by atoms with Crippen molar-refractivity contribution in [3.8, 4) is 5.75 Å². The predicted molar refractivity (Wildman–Crippen MR) is 79.3 cm³/mol. The number of aromatic nitrogens is 2. The molecule has 0 saturated heterocycles. The van der Waals surface area contributed by atoms with E-state index in [-0.39, 0.29) is 5.91 Å². The van der Waals surface area contributed by atoms with Crippen molar-refractivity contribution in [3.05, 3.63) is 47.3 Å². The van der Waals surface area contributed by atoms with Crippen molar-refractivity contribution in [3.63, 3.8) is 0 Å². The van der Waals surface area contributed by atoms with Crippen molar-refractivity contribution in [1.29, 1.82) is 0 Å². The first-order chi connectivity index (χ1) is 10.2. The summed E-state index contributed by atoms with van der Waals surface area (Å²) in [6, 6.07) is 9.28. The van der Waals surface area contributed by atoms with Gasteiger partial charge in [-0.05, 0) is 31.0 Å². The second-order valence-corrected chi connectivity index (χ2v) is 5.34. The van der Waals surface area contributed by atoms with Crippen molar-refractivity contribution in [2.24, 2.45) is 7.05 Å². The van der Waals surface area contributed by atoms with E-state index in [4.69, 9.17) is 4.74 Å². The Morgan fingerprint density at radius 3 is 2.90 bits per heavy atom. The molecule has 0 bridgehead atoms. The van der Waals surface area contributed by atoms with Crippen LogP contribution in [0, 0.1) is 0 Å². The first kappa shape index (κ1) is 13.7. The molecular weight excluding hydrogens is 266 g/mol. The minimum atomic E-state index is -0.147. The summed E-state index contributed by atoms with van der Waals surface area (Å²) in [5.41, 5.74) is 2.69. The normalized spacial score (nSPS) is 14.0. The summed E-state index contributed by atoms with van der Waals surface area (Å²) in [5.74, 6) is 1.09. The monoisotopic (exact) mass is 285 g/mol. The molecule has 1 amide bonds. The van der Waals surface area contributed by atoms with Gasteiger partial charge in [0.05, 0.1) is 24.9 Å². The highest BCUT2D eigenvalue weighted by Crippen LogP contribution is 2.39. The van der Waals surface area contributed by atoms with Crippen molar-refractivity contribution < 1.29 is 9.53 Å². The van der Waals surface area contributed by atoms with Crippen LogP contribution in [-0.2, 0) is 13.6 Å². The Labute approximate surface area is 123 Å². The minimum Gasteiger partial charge on any atom is -0.496 e. The zero-order chi connectivity index (χ0) is 14.8. The number of carbonyl (C=O) groups is 1. The molecule has 0 radical (unpaired) electrons. The van der Waals surface area contributed by atoms with Gasteiger partial charge < -0.3 is 10.1 Å². The van der Waals surface area contributed by atoms with Gasteiger partial charge in [0.2, 0.25) is 0 Å². The molecule has 1 aliphatic rings. The minimum absolute atomic E-state index is 0.147. The van der Waals surface area contributed by atoms with Crippen LogP contribution in [0.4, 0.5) is 0 Å². The van der Waals surface area contributed by atoms with Crippen LogP contribution in [0.5, 0.6) is 5.75 Å². The average Bonchev–Trinajstić information content (AvgIpc) is 3.28. The molecule has 1 aromatic carbocycles. The third-order valence-corrected chi connectivity index (χ3v) is 3.74. The fourth-order valence-corrected chi connectivity index (χ4v) is 2.49. The van der Waals surface area contributed by atoms with Crippen molar-refractivity contribution >= 4 is 5.91 Å². The third-order valence-electron chi connectivity index (χ3n) is 3.74. The van der Waals surface area contributed by atoms with E-state index < -0.39 is 0 Å². The van der Waals surface area contributed by atoms with E-state index in [1.54, 1.807) is 19.2 Å². The molecule has 1 heterocycles. The number of nitrogens with zero attached hydrogens (tertiary/aromatic N) is 2. The Balaban J connectivity index is 1.67. The number of amides is 1. The van der Waals surface area contributed by atoms with Gasteiger partial charge in [0, 0.05) is 18.7 Å². The molecule has 0 aliphatic heterocycles. The van der Waals surface area contributed by atoms with Crippen LogP contribution >= 0.6 is 0 Å². The summed E-state index contributed by atoms with van der Waals surface area (Å²) in [6.07, 6.45) is 2.49. The van der Waals surface area contributed by atoms with Gasteiger partial charge in [-0.3, -0.25) is 9.48 Å². The summed E-state index contributed by atoms with van der Waals surface area (Å²) in [7, 11) is 3.52. The number of benzene rings is 1. The van der Waals surface area contributed by atoms with Crippen LogP contribution in [0.1, 0.15) is 40.5 Å². The topological polar surface area (TPSA) is 56.1 Å². The van der Waals surface area contributed by atoms with Crippen molar-refractivity contribution in [2.75, 3.05) is 7.11 Å². The van der Waals surface area contributed by atoms with Gasteiger partial charge >= 0.3 is 0 Å². The van der Waals surface area contributed by atoms with E-state index in [1.807, 2.05) is 23.9 Å². The van der Waals surface area contributed by atoms with Crippen LogP contribution in [0.3, 0.4) is 0 Å². The van der Waals surface area contributed by atoms with E-state index in [9.17, 15) is 4.79 Å². The number of para-hydroxylation sites is 1. The highest BCUT2D eigenvalue weighted by molar-refractivity contribution is 5.96. The largest absolute Gasteiger partial charge is 0.496 e. The van der Waals surface area contributed by atoms with E-state index in [0.717, 1.165) is 5.69 Å². The Morgan fingerprint density at radius 1 is 1.43 bits per heavy atom. The number of nitrogens with one attached hydrogen (secondary N) is 1. The maximum Gasteiger partial charge on any atom is 0.255 e. The zero-order valence-corrected chi connectivity index (χ0v) is 12.3. The van der Waals surface area contributed by atoms with Crippen LogP contribution in [0.15, 0.2) is 30.3 Å². The lowest BCUT2D eigenvalue weighted by Gasteiger charge is -2.07. The first-order valence-corrected chi connectivity index (χ1v) is 7.13. The number of aryl methyl sites for hydroxylation is 1. The van der Waals surface area contributed by atoms with E-state index >= 15 is 0 Å². The van der Waals surface area contributed by atoms with Crippen molar-refractivity contribution in [1.82, 2.24) is 15.1 Å². The summed E-state index contributed by atoms with van der Waals surface area (Å²) in [6.45, 7) is 0.428. The molecular formula is C16H19N3O2. The molecule has 3 rings (SSSR count). The fraction of sp³-hybridized carbons (Fsp3) is 0.375. The quantitative estimate of drug-likeness (QED) is 0.916. The van der Waals surface area contributed by atoms with Gasteiger partial charge in [0.15, 0.2) is 0 Å². The summed E-state index contributed by atoms with van der Waals surface area (Å²) >= 11 is 0. The fourth-order valence-electron chi connectivity index (χ4n) is 2.49. The number of methoxy groups -OCH3 is 1. The van der Waals surface area contributed by atoms with Gasteiger partial charge in [-0.1, -0.05) is 12.1 Å². The maximum absolute atomic E-state index is 12.2. The summed E-state index contributed by atoms with van der Waals surface area (Å²) in [5, 5.41) is 7.35. The zero-order valence-electron chi connectivity index (χ0n) is 12.3. The van der Waals surface area contributed by atoms with Crippen LogP contribution in [-0.4, -0.2) is 22.8 Å². The summed E-state index contributed by atoms with van der Waals surface area (Å²) in [4.78, 5) is 12.2. The molecule has 1 N–H and O–H groups in total. The van der Waals surface area contributed by atoms with Gasteiger partial charge in [-0.2, -0.15) is 5.10 Å². The molecule has 1 aromatic heterocycles. The molecule has 0 unspecified atom stereocenters. The highest BCUT2D eigenvalue weighted by atomic mass is 16.5. The molecule has 21 heavy (non-hydrogen) atoms. The van der Waals surface area contributed by atoms with Gasteiger partial charge in [-0.25, -0.2) is 0 Å². The standard InChI is InChI=1S/C16H19N3O2/c1-19-14(11-7-8-11)9-12(18-19)10-17-16(20)13-5-3-4-6-15(13)21-2/h3-6,9,11H,7-8,10H2,1-2H3,(H,17,20). The number of hydrogen-bond acceptors (Lipinski definition) is 3. The third kappa shape index (κ3) is 2.91. The van der Waals surface area contributed by atoms with Crippen LogP contribution in [0.25, 0.3) is 0 Å². The SMILES string of the molecule is COc1ccccc1C(=O)NCc1cc(C2CC2)n(C)n1. The molecule has 5 nitrogen and oxygen atoms in total. The van der Waals surface area contributed by atoms with Gasteiger partial charge in [-0.15, -0.1) is 0 Å². The molecule has 0 spiro atoms. The second kappa shape index (κ2) is 5.60. The maximum atomic E-state index is 12.2. The Kier molecular flexibility index (Phi) is 3.64. The number of carbonyl (C=O) groups excluding carboxylic acids is 1.